The zero-order valence-electron chi connectivity index (χ0n) is 19.9. The number of ether oxygens (including phenoxy) is 3. The van der Waals surface area contributed by atoms with Gasteiger partial charge < -0.3 is 30.0 Å². The number of carbonyl (C=O) groups is 1. The van der Waals surface area contributed by atoms with Gasteiger partial charge in [0.1, 0.15) is 23.3 Å². The van der Waals surface area contributed by atoms with E-state index < -0.39 is 6.10 Å². The van der Waals surface area contributed by atoms with Crippen molar-refractivity contribution in [1.29, 1.82) is 0 Å². The van der Waals surface area contributed by atoms with Crippen LogP contribution in [0.5, 0.6) is 11.5 Å². The standard InChI is InChI=1S/C25H31N5O5/c1-33-22-9-5-3-7-18(22)21-15-30(29-28-21)14-13-17-11-12-20(24(16-31)35-17)27-25(32)26-19-8-4-6-10-23(19)34-2/h3-10,15,17,20,24,31H,11-14,16H2,1-2H3,(H2,26,27,32)/t17-,20+,24-/m0/s1. The summed E-state index contributed by atoms with van der Waals surface area (Å²) < 4.78 is 18.6. The average molecular weight is 482 g/mol. The molecule has 10 heteroatoms. The minimum Gasteiger partial charge on any atom is -0.496 e. The Morgan fingerprint density at radius 3 is 2.63 bits per heavy atom. The molecule has 0 unspecified atom stereocenters. The maximum atomic E-state index is 12.5. The second-order valence-electron chi connectivity index (χ2n) is 8.32. The number of carbonyl (C=O) groups excluding carboxylic acids is 1. The number of nitrogens with one attached hydrogen (secondary N) is 2. The van der Waals surface area contributed by atoms with Gasteiger partial charge in [-0.25, -0.2) is 4.79 Å². The summed E-state index contributed by atoms with van der Waals surface area (Å²) in [6, 6.07) is 14.2. The zero-order valence-corrected chi connectivity index (χ0v) is 19.9. The van der Waals surface area contributed by atoms with E-state index in [1.807, 2.05) is 42.6 Å². The molecule has 1 aliphatic heterocycles. The fourth-order valence-electron chi connectivity index (χ4n) is 4.25. The molecule has 2 aromatic carbocycles. The smallest absolute Gasteiger partial charge is 0.319 e. The Morgan fingerprint density at radius 2 is 1.86 bits per heavy atom. The predicted molar refractivity (Wildman–Crippen MR) is 131 cm³/mol. The highest BCUT2D eigenvalue weighted by atomic mass is 16.5. The molecule has 0 saturated carbocycles. The molecule has 4 rings (SSSR count). The molecule has 35 heavy (non-hydrogen) atoms. The first kappa shape index (κ1) is 24.5. The predicted octanol–water partition coefficient (Wildman–Crippen LogP) is 3.08. The summed E-state index contributed by atoms with van der Waals surface area (Å²) in [4.78, 5) is 12.5. The van der Waals surface area contributed by atoms with Gasteiger partial charge in [0.2, 0.25) is 0 Å². The molecule has 2 heterocycles. The van der Waals surface area contributed by atoms with E-state index >= 15 is 0 Å². The maximum Gasteiger partial charge on any atom is 0.319 e. The van der Waals surface area contributed by atoms with Crippen LogP contribution in [0, 0.1) is 0 Å². The van der Waals surface area contributed by atoms with E-state index in [0.29, 0.717) is 30.8 Å². The number of hydrogen-bond donors (Lipinski definition) is 3. The van der Waals surface area contributed by atoms with E-state index in [-0.39, 0.29) is 24.8 Å². The molecule has 10 nitrogen and oxygen atoms in total. The Hall–Kier alpha value is -3.63. The van der Waals surface area contributed by atoms with E-state index in [0.717, 1.165) is 23.4 Å². The number of para-hydroxylation sites is 3. The lowest BCUT2D eigenvalue weighted by Gasteiger charge is -2.36. The molecular weight excluding hydrogens is 450 g/mol. The lowest BCUT2D eigenvalue weighted by molar-refractivity contribution is -0.0905. The summed E-state index contributed by atoms with van der Waals surface area (Å²) in [5, 5.41) is 24.1. The minimum absolute atomic E-state index is 0.0543. The number of benzene rings is 2. The number of aliphatic hydroxyl groups is 1. The van der Waals surface area contributed by atoms with E-state index in [9.17, 15) is 9.90 Å². The summed E-state index contributed by atoms with van der Waals surface area (Å²) >= 11 is 0. The van der Waals surface area contributed by atoms with Gasteiger partial charge in [-0.2, -0.15) is 0 Å². The van der Waals surface area contributed by atoms with E-state index in [4.69, 9.17) is 14.2 Å². The van der Waals surface area contributed by atoms with Crippen molar-refractivity contribution in [2.45, 2.75) is 44.1 Å². The number of aryl methyl sites for hydroxylation is 1. The minimum atomic E-state index is -0.489. The number of urea groups is 1. The molecule has 1 saturated heterocycles. The lowest BCUT2D eigenvalue weighted by atomic mass is 9.97. The van der Waals surface area contributed by atoms with Crippen molar-refractivity contribution in [2.75, 3.05) is 26.1 Å². The second-order valence-corrected chi connectivity index (χ2v) is 8.32. The summed E-state index contributed by atoms with van der Waals surface area (Å²) in [5.41, 5.74) is 2.20. The van der Waals surface area contributed by atoms with Crippen molar-refractivity contribution >= 4 is 11.7 Å². The number of aliphatic hydroxyl groups excluding tert-OH is 1. The highest BCUT2D eigenvalue weighted by Gasteiger charge is 2.32. The summed E-state index contributed by atoms with van der Waals surface area (Å²) in [5.74, 6) is 1.32. The number of nitrogens with zero attached hydrogens (tertiary/aromatic N) is 3. The molecule has 1 aromatic heterocycles. The Morgan fingerprint density at radius 1 is 1.11 bits per heavy atom. The largest absolute Gasteiger partial charge is 0.496 e. The van der Waals surface area contributed by atoms with Crippen molar-refractivity contribution in [3.05, 3.63) is 54.7 Å². The zero-order chi connectivity index (χ0) is 24.6. The Balaban J connectivity index is 1.29. The molecule has 1 aliphatic rings. The SMILES string of the molecule is COc1ccccc1NC(=O)N[C@@H]1CC[C@@H](CCn2cc(-c3ccccc3OC)nn2)O[C@H]1CO. The van der Waals surface area contributed by atoms with Gasteiger partial charge in [0.15, 0.2) is 0 Å². The maximum absolute atomic E-state index is 12.5. The third-order valence-corrected chi connectivity index (χ3v) is 6.07. The molecular formula is C25H31N5O5. The van der Waals surface area contributed by atoms with Crippen molar-refractivity contribution < 1.29 is 24.1 Å². The van der Waals surface area contributed by atoms with Gasteiger partial charge in [0, 0.05) is 12.1 Å². The van der Waals surface area contributed by atoms with Gasteiger partial charge in [-0.15, -0.1) is 5.10 Å². The quantitative estimate of drug-likeness (QED) is 0.430. The van der Waals surface area contributed by atoms with Crippen molar-refractivity contribution in [1.82, 2.24) is 20.3 Å². The van der Waals surface area contributed by atoms with E-state index in [1.54, 1.807) is 31.0 Å². The van der Waals surface area contributed by atoms with Crippen LogP contribution in [0.15, 0.2) is 54.7 Å². The molecule has 3 atom stereocenters. The van der Waals surface area contributed by atoms with Crippen LogP contribution in [0.3, 0.4) is 0 Å². The molecule has 0 bridgehead atoms. The van der Waals surface area contributed by atoms with Crippen LogP contribution >= 0.6 is 0 Å². The number of aromatic nitrogens is 3. The van der Waals surface area contributed by atoms with E-state index in [2.05, 4.69) is 20.9 Å². The molecule has 0 radical (unpaired) electrons. The van der Waals surface area contributed by atoms with Crippen molar-refractivity contribution in [2.24, 2.45) is 0 Å². The molecule has 2 amide bonds. The molecule has 3 aromatic rings. The normalized spacial score (nSPS) is 19.7. The summed E-state index contributed by atoms with van der Waals surface area (Å²) in [6.45, 7) is 0.439. The molecule has 186 valence electrons. The summed E-state index contributed by atoms with van der Waals surface area (Å²) in [6.07, 6.45) is 3.50. The highest BCUT2D eigenvalue weighted by molar-refractivity contribution is 5.91. The third kappa shape index (κ3) is 6.09. The third-order valence-electron chi connectivity index (χ3n) is 6.07. The first-order valence-corrected chi connectivity index (χ1v) is 11.6. The Kier molecular flexibility index (Phi) is 8.17. The Labute approximate surface area is 204 Å². The monoisotopic (exact) mass is 481 g/mol. The van der Waals surface area contributed by atoms with Gasteiger partial charge in [0.25, 0.3) is 0 Å². The van der Waals surface area contributed by atoms with Gasteiger partial charge in [-0.1, -0.05) is 29.5 Å². The van der Waals surface area contributed by atoms with E-state index in [1.165, 1.54) is 0 Å². The first-order valence-electron chi connectivity index (χ1n) is 11.6. The van der Waals surface area contributed by atoms with Crippen LogP contribution in [0.1, 0.15) is 19.3 Å². The number of methoxy groups -OCH3 is 2. The fraction of sp³-hybridized carbons (Fsp3) is 0.400. The molecule has 1 fully saturated rings. The first-order chi connectivity index (χ1) is 17.1. The van der Waals surface area contributed by atoms with Gasteiger partial charge >= 0.3 is 6.03 Å². The number of anilines is 1. The van der Waals surface area contributed by atoms with Crippen LogP contribution in [0.25, 0.3) is 11.3 Å². The van der Waals surface area contributed by atoms with Gasteiger partial charge in [-0.3, -0.25) is 4.68 Å². The topological polar surface area (TPSA) is 120 Å². The number of hydrogen-bond acceptors (Lipinski definition) is 7. The average Bonchev–Trinajstić information content (AvgIpc) is 3.37. The van der Waals surface area contributed by atoms with Gasteiger partial charge in [0.05, 0.1) is 44.9 Å². The lowest BCUT2D eigenvalue weighted by Crippen LogP contribution is -2.52. The second kappa shape index (κ2) is 11.7. The van der Waals surface area contributed by atoms with Crippen molar-refractivity contribution in [3.63, 3.8) is 0 Å². The van der Waals surface area contributed by atoms with Crippen LogP contribution in [0.2, 0.25) is 0 Å². The molecule has 0 spiro atoms. The van der Waals surface area contributed by atoms with Crippen LogP contribution in [-0.2, 0) is 11.3 Å². The van der Waals surface area contributed by atoms with Crippen molar-refractivity contribution in [3.8, 4) is 22.8 Å². The number of amides is 2. The van der Waals surface area contributed by atoms with Crippen LogP contribution < -0.4 is 20.1 Å². The highest BCUT2D eigenvalue weighted by Crippen LogP contribution is 2.28. The van der Waals surface area contributed by atoms with Crippen LogP contribution in [-0.4, -0.2) is 65.2 Å². The molecule has 0 aliphatic carbocycles. The Bertz CT molecular complexity index is 1120. The fourth-order valence-corrected chi connectivity index (χ4v) is 4.25. The number of rotatable bonds is 9. The molecule has 3 N–H and O–H groups in total. The summed E-state index contributed by atoms with van der Waals surface area (Å²) in [7, 11) is 3.18. The van der Waals surface area contributed by atoms with Gasteiger partial charge in [-0.05, 0) is 43.5 Å². The van der Waals surface area contributed by atoms with Crippen LogP contribution in [0.4, 0.5) is 10.5 Å².